The van der Waals surface area contributed by atoms with Crippen molar-refractivity contribution in [2.45, 2.75) is 38.8 Å². The zero-order valence-electron chi connectivity index (χ0n) is 19.4. The second-order valence-electron chi connectivity index (χ2n) is 8.38. The highest BCUT2D eigenvalue weighted by atomic mass is 16.5. The fraction of sp³-hybridized carbons (Fsp3) is 0.259. The number of nitrogens with zero attached hydrogens (tertiary/aromatic N) is 4. The fourth-order valence-electron chi connectivity index (χ4n) is 4.38. The van der Waals surface area contributed by atoms with Crippen molar-refractivity contribution >= 4 is 22.7 Å². The smallest absolute Gasteiger partial charge is 0.412 e. The van der Waals surface area contributed by atoms with Crippen molar-refractivity contribution < 1.29 is 14.3 Å². The van der Waals surface area contributed by atoms with Crippen LogP contribution in [0.2, 0.25) is 0 Å². The van der Waals surface area contributed by atoms with Gasteiger partial charge in [0.05, 0.1) is 35.3 Å². The van der Waals surface area contributed by atoms with Gasteiger partial charge in [-0.25, -0.2) is 4.79 Å². The minimum absolute atomic E-state index is 0.0362. The number of amides is 1. The average Bonchev–Trinajstić information content (AvgIpc) is 3.16. The highest BCUT2D eigenvalue weighted by molar-refractivity contribution is 5.96. The van der Waals surface area contributed by atoms with Gasteiger partial charge in [0.25, 0.3) is 0 Å². The molecule has 4 aromatic rings. The van der Waals surface area contributed by atoms with E-state index >= 15 is 0 Å². The lowest BCUT2D eigenvalue weighted by molar-refractivity contribution is 0.153. The van der Waals surface area contributed by atoms with E-state index in [0.29, 0.717) is 29.6 Å². The normalized spacial score (nSPS) is 13.1. The van der Waals surface area contributed by atoms with Crippen LogP contribution in [-0.4, -0.2) is 27.2 Å². The summed E-state index contributed by atoms with van der Waals surface area (Å²) in [4.78, 5) is 20.2. The third-order valence-electron chi connectivity index (χ3n) is 6.21. The Bertz CT molecular complexity index is 1390. The highest BCUT2D eigenvalue weighted by Gasteiger charge is 2.28. The zero-order valence-corrected chi connectivity index (χ0v) is 19.4. The van der Waals surface area contributed by atoms with Gasteiger partial charge in [0.2, 0.25) is 0 Å². The summed E-state index contributed by atoms with van der Waals surface area (Å²) in [5, 5.41) is 13.7. The Labute approximate surface area is 203 Å². The quantitative estimate of drug-likeness (QED) is 0.366. The molecule has 2 heterocycles. The number of nitrogens with one attached hydrogen (secondary N) is 1. The first-order valence-corrected chi connectivity index (χ1v) is 11.7. The third-order valence-corrected chi connectivity index (χ3v) is 6.21. The molecule has 35 heavy (non-hydrogen) atoms. The maximum atomic E-state index is 12.2. The number of benzene rings is 2. The summed E-state index contributed by atoms with van der Waals surface area (Å²) in [7, 11) is 0. The van der Waals surface area contributed by atoms with Crippen LogP contribution in [0.15, 0.2) is 61.1 Å². The van der Waals surface area contributed by atoms with Crippen molar-refractivity contribution in [2.75, 3.05) is 11.9 Å². The molecular formula is C27H25N5O3. The molecule has 1 aliphatic rings. The summed E-state index contributed by atoms with van der Waals surface area (Å²) >= 11 is 0. The summed E-state index contributed by atoms with van der Waals surface area (Å²) in [5.41, 5.74) is 4.65. The summed E-state index contributed by atoms with van der Waals surface area (Å²) in [6.45, 7) is 2.58. The Morgan fingerprint density at radius 3 is 2.69 bits per heavy atom. The first kappa shape index (κ1) is 22.4. The van der Waals surface area contributed by atoms with E-state index in [-0.39, 0.29) is 6.61 Å². The Morgan fingerprint density at radius 2 is 2.03 bits per heavy atom. The maximum absolute atomic E-state index is 12.2. The van der Waals surface area contributed by atoms with E-state index < -0.39 is 6.09 Å². The lowest BCUT2D eigenvalue weighted by Gasteiger charge is -2.30. The van der Waals surface area contributed by atoms with Crippen molar-refractivity contribution in [1.82, 2.24) is 14.5 Å². The van der Waals surface area contributed by atoms with E-state index in [1.54, 1.807) is 18.6 Å². The molecule has 0 saturated heterocycles. The van der Waals surface area contributed by atoms with Gasteiger partial charge in [0.15, 0.2) is 0 Å². The number of anilines is 1. The van der Waals surface area contributed by atoms with Crippen molar-refractivity contribution in [3.05, 3.63) is 72.3 Å². The number of ether oxygens (including phenoxy) is 2. The number of fused-ring (bicyclic) bond motifs is 1. The van der Waals surface area contributed by atoms with Gasteiger partial charge in [-0.2, -0.15) is 5.26 Å². The van der Waals surface area contributed by atoms with E-state index in [1.165, 1.54) is 6.42 Å². The first-order valence-electron chi connectivity index (χ1n) is 11.7. The minimum Gasteiger partial charge on any atom is -0.494 e. The number of rotatable bonds is 7. The lowest BCUT2D eigenvalue weighted by atomic mass is 9.92. The number of aromatic nitrogens is 3. The number of carbonyl (C=O) groups excluding carboxylic acids is 1. The second-order valence-corrected chi connectivity index (χ2v) is 8.38. The Morgan fingerprint density at radius 1 is 1.20 bits per heavy atom. The van der Waals surface area contributed by atoms with E-state index in [0.717, 1.165) is 40.8 Å². The minimum atomic E-state index is -0.576. The molecule has 1 N–H and O–H groups in total. The predicted molar refractivity (Wildman–Crippen MR) is 132 cm³/mol. The molecule has 1 amide bonds. The monoisotopic (exact) mass is 467 g/mol. The lowest BCUT2D eigenvalue weighted by Crippen LogP contribution is -2.18. The van der Waals surface area contributed by atoms with Crippen LogP contribution in [0.25, 0.3) is 22.2 Å². The molecule has 176 valence electrons. The molecule has 8 nitrogen and oxygen atoms in total. The fourth-order valence-corrected chi connectivity index (χ4v) is 4.38. The van der Waals surface area contributed by atoms with Crippen LogP contribution in [-0.2, 0) is 11.3 Å². The van der Waals surface area contributed by atoms with Crippen molar-refractivity contribution in [1.29, 1.82) is 5.26 Å². The van der Waals surface area contributed by atoms with Gasteiger partial charge in [-0.15, -0.1) is 0 Å². The predicted octanol–water partition coefficient (Wildman–Crippen LogP) is 5.84. The van der Waals surface area contributed by atoms with Gasteiger partial charge < -0.3 is 14.0 Å². The molecule has 1 saturated carbocycles. The SMILES string of the molecule is CCOc1ccc2c(C#N)c(-c3ccc(NC(=O)OCc4cnccn4)cc3)n(C3CCC3)c2c1. The topological polar surface area (TPSA) is 102 Å². The Kier molecular flexibility index (Phi) is 6.31. The first-order chi connectivity index (χ1) is 17.2. The molecule has 5 rings (SSSR count). The molecule has 0 radical (unpaired) electrons. The van der Waals surface area contributed by atoms with Crippen LogP contribution in [0.1, 0.15) is 43.5 Å². The van der Waals surface area contributed by atoms with Crippen molar-refractivity contribution in [3.63, 3.8) is 0 Å². The van der Waals surface area contributed by atoms with E-state index in [4.69, 9.17) is 9.47 Å². The average molecular weight is 468 g/mol. The number of hydrogen-bond donors (Lipinski definition) is 1. The van der Waals surface area contributed by atoms with Crippen LogP contribution in [0.4, 0.5) is 10.5 Å². The van der Waals surface area contributed by atoms with Gasteiger partial charge in [-0.05, 0) is 56.0 Å². The molecule has 1 fully saturated rings. The van der Waals surface area contributed by atoms with Crippen LogP contribution < -0.4 is 10.1 Å². The molecule has 0 bridgehead atoms. The van der Waals surface area contributed by atoms with Crippen LogP contribution in [0.3, 0.4) is 0 Å². The van der Waals surface area contributed by atoms with Gasteiger partial charge >= 0.3 is 6.09 Å². The van der Waals surface area contributed by atoms with Crippen LogP contribution in [0, 0.1) is 11.3 Å². The summed E-state index contributed by atoms with van der Waals surface area (Å²) < 4.78 is 13.2. The molecule has 0 unspecified atom stereocenters. The molecule has 8 heteroatoms. The van der Waals surface area contributed by atoms with E-state index in [2.05, 4.69) is 25.9 Å². The third kappa shape index (κ3) is 4.53. The summed E-state index contributed by atoms with van der Waals surface area (Å²) in [6.07, 6.45) is 7.42. The summed E-state index contributed by atoms with van der Waals surface area (Å²) in [5.74, 6) is 0.800. The molecule has 2 aromatic heterocycles. The zero-order chi connectivity index (χ0) is 24.2. The van der Waals surface area contributed by atoms with Crippen LogP contribution in [0.5, 0.6) is 5.75 Å². The summed E-state index contributed by atoms with van der Waals surface area (Å²) in [6, 6.07) is 16.2. The van der Waals surface area contributed by atoms with Crippen molar-refractivity contribution in [3.8, 4) is 23.1 Å². The van der Waals surface area contributed by atoms with Gasteiger partial charge in [0.1, 0.15) is 18.4 Å². The van der Waals surface area contributed by atoms with Gasteiger partial charge in [0, 0.05) is 35.6 Å². The highest BCUT2D eigenvalue weighted by Crippen LogP contribution is 2.43. The Hall–Kier alpha value is -4.38. The molecular weight excluding hydrogens is 442 g/mol. The molecule has 0 aliphatic heterocycles. The van der Waals surface area contributed by atoms with Crippen LogP contribution >= 0.6 is 0 Å². The van der Waals surface area contributed by atoms with Gasteiger partial charge in [-0.3, -0.25) is 15.3 Å². The molecule has 0 atom stereocenters. The molecule has 1 aliphatic carbocycles. The number of nitriles is 1. The molecule has 0 spiro atoms. The van der Waals surface area contributed by atoms with E-state index in [1.807, 2.05) is 49.4 Å². The second kappa shape index (κ2) is 9.85. The standard InChI is InChI=1S/C27H25N5O3/c1-2-34-22-10-11-23-24(15-28)26(32(25(23)14-22)21-4-3-5-21)18-6-8-19(9-7-18)31-27(33)35-17-20-16-29-12-13-30-20/h6-14,16,21H,2-5,17H2,1H3,(H,31,33). The largest absolute Gasteiger partial charge is 0.494 e. The van der Waals surface area contributed by atoms with Gasteiger partial charge in [-0.1, -0.05) is 12.1 Å². The maximum Gasteiger partial charge on any atom is 0.412 e. The number of hydrogen-bond acceptors (Lipinski definition) is 6. The van der Waals surface area contributed by atoms with Crippen molar-refractivity contribution in [2.24, 2.45) is 0 Å². The number of carbonyl (C=O) groups is 1. The van der Waals surface area contributed by atoms with E-state index in [9.17, 15) is 10.1 Å². The Balaban J connectivity index is 1.42. The molecule has 2 aromatic carbocycles.